The highest BCUT2D eigenvalue weighted by molar-refractivity contribution is 7.99. The molecule has 2 aromatic rings. The molecule has 1 saturated heterocycles. The number of rotatable bonds is 6. The quantitative estimate of drug-likeness (QED) is 0.648. The number of carbonyl (C=O) groups excluding carboxylic acids is 2. The maximum atomic E-state index is 12.9. The molecule has 0 bridgehead atoms. The Morgan fingerprint density at radius 1 is 1.07 bits per heavy atom. The normalized spacial score (nSPS) is 20.3. The molecule has 1 aliphatic heterocycles. The van der Waals surface area contributed by atoms with E-state index >= 15 is 0 Å². The Morgan fingerprint density at radius 2 is 1.68 bits per heavy atom. The summed E-state index contributed by atoms with van der Waals surface area (Å²) in [7, 11) is 0. The Labute approximate surface area is 170 Å². The number of thioether (sulfide) groups is 1. The van der Waals surface area contributed by atoms with Crippen molar-refractivity contribution in [2.45, 2.75) is 50.3 Å². The summed E-state index contributed by atoms with van der Waals surface area (Å²) in [4.78, 5) is 26.7. The third-order valence-electron chi connectivity index (χ3n) is 4.71. The molecule has 0 spiro atoms. The number of hydrogen-bond donors (Lipinski definition) is 0. The maximum Gasteiger partial charge on any atom is 0.432 e. The first kappa shape index (κ1) is 20.4. The van der Waals surface area contributed by atoms with Crippen LogP contribution in [0.5, 0.6) is 0 Å². The molecule has 1 aliphatic rings. The molecule has 6 heteroatoms. The summed E-state index contributed by atoms with van der Waals surface area (Å²) >= 11 is 1.60. The van der Waals surface area contributed by atoms with Gasteiger partial charge in [-0.25, -0.2) is 4.79 Å². The van der Waals surface area contributed by atoms with E-state index < -0.39 is 12.2 Å². The number of imide groups is 1. The van der Waals surface area contributed by atoms with E-state index in [4.69, 9.17) is 4.74 Å². The van der Waals surface area contributed by atoms with Crippen molar-refractivity contribution in [2.24, 2.45) is 0 Å². The number of nitrogens with zero attached hydrogens (tertiary/aromatic N) is 2. The predicted molar refractivity (Wildman–Crippen MR) is 111 cm³/mol. The molecule has 0 unspecified atom stereocenters. The summed E-state index contributed by atoms with van der Waals surface area (Å²) in [6.07, 6.45) is -0.741. The first-order valence-electron chi connectivity index (χ1n) is 9.53. The monoisotopic (exact) mass is 398 g/mol. The van der Waals surface area contributed by atoms with Crippen LogP contribution in [0.1, 0.15) is 38.9 Å². The number of hydrogen-bond acceptors (Lipinski definition) is 5. The van der Waals surface area contributed by atoms with E-state index in [9.17, 15) is 9.59 Å². The molecule has 1 heterocycles. The van der Waals surface area contributed by atoms with Crippen molar-refractivity contribution in [3.8, 4) is 0 Å². The minimum atomic E-state index is -0.602. The van der Waals surface area contributed by atoms with Gasteiger partial charge in [0.1, 0.15) is 6.10 Å². The summed E-state index contributed by atoms with van der Waals surface area (Å²) < 4.78 is 5.68. The van der Waals surface area contributed by atoms with Crippen LogP contribution in [-0.2, 0) is 9.53 Å². The van der Waals surface area contributed by atoms with Crippen LogP contribution >= 0.6 is 11.8 Å². The zero-order valence-corrected chi connectivity index (χ0v) is 17.3. The fourth-order valence-electron chi connectivity index (χ4n) is 3.47. The Hall–Kier alpha value is -2.31. The smallest absolute Gasteiger partial charge is 0.432 e. The Balaban J connectivity index is 1.71. The third kappa shape index (κ3) is 4.56. The average Bonchev–Trinajstić information content (AvgIpc) is 2.70. The maximum absolute atomic E-state index is 12.9. The van der Waals surface area contributed by atoms with Crippen LogP contribution in [0.3, 0.4) is 0 Å². The number of ether oxygens (including phenoxy) is 1. The largest absolute Gasteiger partial charge is 0.438 e. The van der Waals surface area contributed by atoms with Gasteiger partial charge < -0.3 is 4.74 Å². The summed E-state index contributed by atoms with van der Waals surface area (Å²) in [5.74, 6) is 0.371. The molecule has 2 atom stereocenters. The standard InChI is InChI=1S/C22H26N2O3S/c1-16(2)23-17(3)21(18-10-6-4-7-11-18)27-22(26)24(23)20(25)14-15-28-19-12-8-5-9-13-19/h4-13,16-17,21H,14-15H2,1-3H3/t17-,21-/m0/s1. The van der Waals surface area contributed by atoms with Crippen molar-refractivity contribution in [3.63, 3.8) is 0 Å². The molecule has 2 amide bonds. The molecule has 3 rings (SSSR count). The second-order valence-corrected chi connectivity index (χ2v) is 8.21. The number of amides is 2. The highest BCUT2D eigenvalue weighted by Gasteiger charge is 2.44. The van der Waals surface area contributed by atoms with Crippen molar-refractivity contribution in [3.05, 3.63) is 66.2 Å². The minimum absolute atomic E-state index is 0.0141. The van der Waals surface area contributed by atoms with Gasteiger partial charge in [-0.15, -0.1) is 11.8 Å². The number of benzene rings is 2. The average molecular weight is 399 g/mol. The minimum Gasteiger partial charge on any atom is -0.438 e. The summed E-state index contributed by atoms with van der Waals surface area (Å²) in [6, 6.07) is 19.4. The van der Waals surface area contributed by atoms with E-state index in [1.165, 1.54) is 5.01 Å². The second-order valence-electron chi connectivity index (χ2n) is 7.05. The SMILES string of the molecule is CC(C)N1[C@@H](C)[C@@H](c2ccccc2)OC(=O)N1C(=O)CCSc1ccccc1. The Morgan fingerprint density at radius 3 is 2.29 bits per heavy atom. The first-order valence-corrected chi connectivity index (χ1v) is 10.5. The fourth-order valence-corrected chi connectivity index (χ4v) is 4.33. The number of hydrazine groups is 1. The summed E-state index contributed by atoms with van der Waals surface area (Å²) in [6.45, 7) is 5.95. The van der Waals surface area contributed by atoms with Gasteiger partial charge in [0, 0.05) is 23.1 Å². The van der Waals surface area contributed by atoms with E-state index in [0.717, 1.165) is 10.5 Å². The van der Waals surface area contributed by atoms with E-state index in [1.807, 2.05) is 86.4 Å². The fraction of sp³-hybridized carbons (Fsp3) is 0.364. The number of cyclic esters (lactones) is 1. The molecule has 5 nitrogen and oxygen atoms in total. The van der Waals surface area contributed by atoms with Gasteiger partial charge in [0.2, 0.25) is 5.91 Å². The van der Waals surface area contributed by atoms with Gasteiger partial charge in [-0.1, -0.05) is 48.5 Å². The molecule has 1 fully saturated rings. The summed E-state index contributed by atoms with van der Waals surface area (Å²) in [5, 5.41) is 3.04. The molecule has 0 saturated carbocycles. The molecule has 0 radical (unpaired) electrons. The van der Waals surface area contributed by atoms with Gasteiger partial charge in [-0.3, -0.25) is 4.79 Å². The summed E-state index contributed by atoms with van der Waals surface area (Å²) in [5.41, 5.74) is 0.931. The molecular weight excluding hydrogens is 372 g/mol. The molecule has 0 aliphatic carbocycles. The van der Waals surface area contributed by atoms with Crippen LogP contribution < -0.4 is 0 Å². The van der Waals surface area contributed by atoms with Crippen LogP contribution in [0, 0.1) is 0 Å². The van der Waals surface area contributed by atoms with Gasteiger partial charge in [0.15, 0.2) is 0 Å². The van der Waals surface area contributed by atoms with E-state index in [1.54, 1.807) is 11.8 Å². The lowest BCUT2D eigenvalue weighted by molar-refractivity contribution is -0.174. The Kier molecular flexibility index (Phi) is 6.75. The topological polar surface area (TPSA) is 49.9 Å². The van der Waals surface area contributed by atoms with Crippen LogP contribution in [0.2, 0.25) is 0 Å². The van der Waals surface area contributed by atoms with Crippen molar-refractivity contribution in [1.82, 2.24) is 10.0 Å². The first-order chi connectivity index (χ1) is 13.5. The lowest BCUT2D eigenvalue weighted by atomic mass is 10.0. The lowest BCUT2D eigenvalue weighted by Crippen LogP contribution is -2.62. The van der Waals surface area contributed by atoms with Gasteiger partial charge in [0.05, 0.1) is 6.04 Å². The van der Waals surface area contributed by atoms with Crippen molar-refractivity contribution in [1.29, 1.82) is 0 Å². The van der Waals surface area contributed by atoms with Crippen LogP contribution in [0.4, 0.5) is 4.79 Å². The molecular formula is C22H26N2O3S. The van der Waals surface area contributed by atoms with Gasteiger partial charge in [0.25, 0.3) is 0 Å². The molecule has 0 aromatic heterocycles. The second kappa shape index (κ2) is 9.26. The highest BCUT2D eigenvalue weighted by Crippen LogP contribution is 2.33. The molecule has 148 valence electrons. The van der Waals surface area contributed by atoms with Crippen LogP contribution in [0.15, 0.2) is 65.6 Å². The Bertz CT molecular complexity index is 798. The lowest BCUT2D eigenvalue weighted by Gasteiger charge is -2.46. The van der Waals surface area contributed by atoms with E-state index in [-0.39, 0.29) is 24.4 Å². The molecule has 28 heavy (non-hydrogen) atoms. The van der Waals surface area contributed by atoms with E-state index in [0.29, 0.717) is 5.75 Å². The third-order valence-corrected chi connectivity index (χ3v) is 5.72. The van der Waals surface area contributed by atoms with Gasteiger partial charge >= 0.3 is 6.09 Å². The van der Waals surface area contributed by atoms with Crippen LogP contribution in [0.25, 0.3) is 0 Å². The zero-order chi connectivity index (χ0) is 20.1. The van der Waals surface area contributed by atoms with Crippen LogP contribution in [-0.4, -0.2) is 39.9 Å². The predicted octanol–water partition coefficient (Wildman–Crippen LogP) is 4.90. The highest BCUT2D eigenvalue weighted by atomic mass is 32.2. The van der Waals surface area contributed by atoms with E-state index in [2.05, 4.69) is 0 Å². The molecule has 0 N–H and O–H groups in total. The van der Waals surface area contributed by atoms with Crippen molar-refractivity contribution < 1.29 is 14.3 Å². The molecule has 2 aromatic carbocycles. The number of carbonyl (C=O) groups is 2. The van der Waals surface area contributed by atoms with Gasteiger partial charge in [-0.05, 0) is 38.5 Å². The van der Waals surface area contributed by atoms with Gasteiger partial charge in [-0.2, -0.15) is 10.0 Å². The zero-order valence-electron chi connectivity index (χ0n) is 16.4. The van der Waals surface area contributed by atoms with Crippen molar-refractivity contribution >= 4 is 23.8 Å². The van der Waals surface area contributed by atoms with Crippen molar-refractivity contribution in [2.75, 3.05) is 5.75 Å².